The van der Waals surface area contributed by atoms with E-state index < -0.39 is 6.10 Å². The molecule has 1 aromatic carbocycles. The Labute approximate surface area is 121 Å². The van der Waals surface area contributed by atoms with Crippen LogP contribution in [0.3, 0.4) is 0 Å². The average molecular weight is 279 g/mol. The number of hydrogen-bond donors (Lipinski definition) is 1. The second-order valence-electron chi connectivity index (χ2n) is 6.13. The average Bonchev–Trinajstić information content (AvgIpc) is 2.46. The first kappa shape index (κ1) is 15.5. The lowest BCUT2D eigenvalue weighted by Gasteiger charge is -2.27. The van der Waals surface area contributed by atoms with Crippen molar-refractivity contribution in [2.24, 2.45) is 5.92 Å². The van der Waals surface area contributed by atoms with Crippen molar-refractivity contribution in [3.05, 3.63) is 35.6 Å². The highest BCUT2D eigenvalue weighted by atomic mass is 19.1. The fourth-order valence-electron chi connectivity index (χ4n) is 3.12. The second-order valence-corrected chi connectivity index (χ2v) is 6.13. The van der Waals surface area contributed by atoms with Crippen LogP contribution in [0.25, 0.3) is 0 Å². The maximum atomic E-state index is 13.1. The third-order valence-electron chi connectivity index (χ3n) is 4.31. The van der Waals surface area contributed by atoms with Gasteiger partial charge in [0.05, 0.1) is 6.10 Å². The Balaban J connectivity index is 1.73. The Bertz CT molecular complexity index is 404. The van der Waals surface area contributed by atoms with E-state index in [4.69, 9.17) is 0 Å². The minimum absolute atomic E-state index is 0.280. The molecule has 112 valence electrons. The lowest BCUT2D eigenvalue weighted by Crippen LogP contribution is -2.28. The molecule has 2 nitrogen and oxygen atoms in total. The molecule has 1 fully saturated rings. The molecule has 0 amide bonds. The van der Waals surface area contributed by atoms with Crippen LogP contribution in [0.1, 0.15) is 50.2 Å². The third-order valence-corrected chi connectivity index (χ3v) is 4.31. The van der Waals surface area contributed by atoms with E-state index in [9.17, 15) is 9.50 Å². The first-order valence-corrected chi connectivity index (χ1v) is 7.77. The van der Waals surface area contributed by atoms with Crippen LogP contribution in [0.2, 0.25) is 0 Å². The summed E-state index contributed by atoms with van der Waals surface area (Å²) in [5, 5.41) is 10.1. The van der Waals surface area contributed by atoms with E-state index in [0.717, 1.165) is 19.0 Å². The van der Waals surface area contributed by atoms with Gasteiger partial charge in [-0.05, 0) is 49.9 Å². The zero-order valence-corrected chi connectivity index (χ0v) is 12.4. The number of rotatable bonds is 6. The number of halogens is 1. The van der Waals surface area contributed by atoms with Gasteiger partial charge in [-0.25, -0.2) is 4.39 Å². The molecule has 3 heteroatoms. The lowest BCUT2D eigenvalue weighted by atomic mass is 9.89. The molecule has 0 aliphatic heterocycles. The van der Waals surface area contributed by atoms with Crippen LogP contribution in [0.5, 0.6) is 0 Å². The van der Waals surface area contributed by atoms with E-state index in [-0.39, 0.29) is 5.82 Å². The van der Waals surface area contributed by atoms with Gasteiger partial charge in [-0.2, -0.15) is 0 Å². The van der Waals surface area contributed by atoms with Gasteiger partial charge in [-0.3, -0.25) is 0 Å². The molecule has 1 aromatic rings. The van der Waals surface area contributed by atoms with Crippen molar-refractivity contribution >= 4 is 0 Å². The molecule has 0 spiro atoms. The highest BCUT2D eigenvalue weighted by Gasteiger charge is 2.16. The number of nitrogens with zero attached hydrogens (tertiary/aromatic N) is 1. The molecule has 1 atom stereocenters. The molecule has 0 aromatic heterocycles. The molecule has 0 radical (unpaired) electrons. The van der Waals surface area contributed by atoms with Crippen LogP contribution >= 0.6 is 0 Å². The van der Waals surface area contributed by atoms with Gasteiger partial charge in [0, 0.05) is 13.1 Å². The van der Waals surface area contributed by atoms with Crippen molar-refractivity contribution in [2.45, 2.75) is 44.6 Å². The molecule has 0 bridgehead atoms. The summed E-state index contributed by atoms with van der Waals surface area (Å²) >= 11 is 0. The van der Waals surface area contributed by atoms with Crippen LogP contribution in [0, 0.1) is 11.7 Å². The molecular weight excluding hydrogens is 253 g/mol. The third kappa shape index (κ3) is 4.88. The standard InChI is InChI=1S/C17H26FNO/c1-19(13-14-6-3-2-4-7-14)11-10-17(20)15-8-5-9-16(18)12-15/h5,8-9,12,14,17,20H,2-4,6-7,10-11,13H2,1H3. The van der Waals surface area contributed by atoms with Crippen LogP contribution in [0.15, 0.2) is 24.3 Å². The van der Waals surface area contributed by atoms with E-state index in [0.29, 0.717) is 12.0 Å². The molecule has 0 heterocycles. The van der Waals surface area contributed by atoms with E-state index >= 15 is 0 Å². The normalized spacial score (nSPS) is 18.4. The molecule has 2 rings (SSSR count). The van der Waals surface area contributed by atoms with Crippen molar-refractivity contribution in [3.8, 4) is 0 Å². The van der Waals surface area contributed by atoms with Gasteiger partial charge >= 0.3 is 0 Å². The second kappa shape index (κ2) is 7.75. The number of benzene rings is 1. The number of aliphatic hydroxyl groups is 1. The van der Waals surface area contributed by atoms with Gasteiger partial charge < -0.3 is 10.0 Å². The van der Waals surface area contributed by atoms with E-state index in [1.807, 2.05) is 0 Å². The maximum Gasteiger partial charge on any atom is 0.123 e. The van der Waals surface area contributed by atoms with Crippen LogP contribution in [-0.4, -0.2) is 30.1 Å². The number of hydrogen-bond acceptors (Lipinski definition) is 2. The summed E-state index contributed by atoms with van der Waals surface area (Å²) in [6.07, 6.45) is 6.90. The Kier molecular flexibility index (Phi) is 5.99. The summed E-state index contributed by atoms with van der Waals surface area (Å²) in [5.41, 5.74) is 0.677. The minimum atomic E-state index is -0.570. The van der Waals surface area contributed by atoms with Crippen LogP contribution in [-0.2, 0) is 0 Å². The smallest absolute Gasteiger partial charge is 0.123 e. The lowest BCUT2D eigenvalue weighted by molar-refractivity contribution is 0.140. The SMILES string of the molecule is CN(CCC(O)c1cccc(F)c1)CC1CCCCC1. The maximum absolute atomic E-state index is 13.1. The fraction of sp³-hybridized carbons (Fsp3) is 0.647. The first-order valence-electron chi connectivity index (χ1n) is 7.77. The fourth-order valence-corrected chi connectivity index (χ4v) is 3.12. The van der Waals surface area contributed by atoms with E-state index in [1.165, 1.54) is 44.2 Å². The predicted octanol–water partition coefficient (Wildman–Crippen LogP) is 3.76. The summed E-state index contributed by atoms with van der Waals surface area (Å²) in [4.78, 5) is 2.30. The monoisotopic (exact) mass is 279 g/mol. The number of aliphatic hydroxyl groups excluding tert-OH is 1. The summed E-state index contributed by atoms with van der Waals surface area (Å²) in [6, 6.07) is 6.27. The minimum Gasteiger partial charge on any atom is -0.388 e. The summed E-state index contributed by atoms with van der Waals surface area (Å²) in [7, 11) is 2.12. The molecule has 1 saturated carbocycles. The van der Waals surface area contributed by atoms with Crippen LogP contribution < -0.4 is 0 Å². The first-order chi connectivity index (χ1) is 9.65. The van der Waals surface area contributed by atoms with Gasteiger partial charge in [-0.15, -0.1) is 0 Å². The topological polar surface area (TPSA) is 23.5 Å². The Morgan fingerprint density at radius 2 is 2.05 bits per heavy atom. The largest absolute Gasteiger partial charge is 0.388 e. The molecular formula is C17H26FNO. The summed E-state index contributed by atoms with van der Waals surface area (Å²) < 4.78 is 13.1. The zero-order chi connectivity index (χ0) is 14.4. The highest BCUT2D eigenvalue weighted by Crippen LogP contribution is 2.24. The molecule has 1 aliphatic carbocycles. The van der Waals surface area contributed by atoms with Crippen molar-refractivity contribution in [2.75, 3.05) is 20.1 Å². The van der Waals surface area contributed by atoms with Crippen molar-refractivity contribution in [3.63, 3.8) is 0 Å². The van der Waals surface area contributed by atoms with Crippen LogP contribution in [0.4, 0.5) is 4.39 Å². The summed E-state index contributed by atoms with van der Waals surface area (Å²) in [5.74, 6) is 0.539. The molecule has 0 saturated heterocycles. The summed E-state index contributed by atoms with van der Waals surface area (Å²) in [6.45, 7) is 1.98. The quantitative estimate of drug-likeness (QED) is 0.857. The Morgan fingerprint density at radius 1 is 1.30 bits per heavy atom. The Morgan fingerprint density at radius 3 is 2.75 bits per heavy atom. The van der Waals surface area contributed by atoms with E-state index in [1.54, 1.807) is 12.1 Å². The molecule has 1 unspecified atom stereocenters. The van der Waals surface area contributed by atoms with Gasteiger partial charge in [0.25, 0.3) is 0 Å². The Hall–Kier alpha value is -0.930. The van der Waals surface area contributed by atoms with E-state index in [2.05, 4.69) is 11.9 Å². The van der Waals surface area contributed by atoms with Crippen molar-refractivity contribution < 1.29 is 9.50 Å². The van der Waals surface area contributed by atoms with Crippen molar-refractivity contribution in [1.29, 1.82) is 0 Å². The molecule has 1 N–H and O–H groups in total. The molecule has 1 aliphatic rings. The van der Waals surface area contributed by atoms with Crippen molar-refractivity contribution in [1.82, 2.24) is 4.90 Å². The highest BCUT2D eigenvalue weighted by molar-refractivity contribution is 5.18. The van der Waals surface area contributed by atoms with Gasteiger partial charge in [0.2, 0.25) is 0 Å². The predicted molar refractivity (Wildman–Crippen MR) is 80.0 cm³/mol. The van der Waals surface area contributed by atoms with Gasteiger partial charge in [0.15, 0.2) is 0 Å². The van der Waals surface area contributed by atoms with Gasteiger partial charge in [-0.1, -0.05) is 31.4 Å². The zero-order valence-electron chi connectivity index (χ0n) is 12.4. The molecule has 20 heavy (non-hydrogen) atoms. The van der Waals surface area contributed by atoms with Gasteiger partial charge in [0.1, 0.15) is 5.82 Å².